The number of carbonyl (C=O) groups excluding carboxylic acids is 1. The molecule has 3 nitrogen and oxygen atoms in total. The first kappa shape index (κ1) is 14.3. The zero-order valence-electron chi connectivity index (χ0n) is 10.9. The van der Waals surface area contributed by atoms with Crippen molar-refractivity contribution >= 4 is 18.5 Å². The molecule has 0 atom stereocenters. The summed E-state index contributed by atoms with van der Waals surface area (Å²) in [5.74, 6) is 0.594. The van der Waals surface area contributed by atoms with Crippen LogP contribution in [0.2, 0.25) is 0 Å². The van der Waals surface area contributed by atoms with Gasteiger partial charge in [-0.15, -0.1) is 0 Å². The number of rotatable bonds is 4. The zero-order valence-corrected chi connectivity index (χ0v) is 11.8. The molecule has 0 unspecified atom stereocenters. The van der Waals surface area contributed by atoms with Gasteiger partial charge in [0, 0.05) is 39.1 Å². The van der Waals surface area contributed by atoms with E-state index in [1.165, 1.54) is 12.1 Å². The number of carbonyl (C=O) groups is 1. The van der Waals surface area contributed by atoms with Gasteiger partial charge in [-0.3, -0.25) is 9.69 Å². The number of hydrogen-bond donors (Lipinski definition) is 1. The van der Waals surface area contributed by atoms with E-state index in [-0.39, 0.29) is 11.7 Å². The van der Waals surface area contributed by atoms with Crippen molar-refractivity contribution in [3.63, 3.8) is 0 Å². The van der Waals surface area contributed by atoms with Gasteiger partial charge < -0.3 is 4.90 Å². The monoisotopic (exact) mass is 282 g/mol. The number of amides is 1. The van der Waals surface area contributed by atoms with Gasteiger partial charge in [0.15, 0.2) is 0 Å². The molecule has 0 saturated carbocycles. The Morgan fingerprint density at radius 3 is 2.37 bits per heavy atom. The summed E-state index contributed by atoms with van der Waals surface area (Å²) >= 11 is 4.08. The lowest BCUT2D eigenvalue weighted by atomic mass is 10.2. The molecule has 0 radical (unpaired) electrons. The van der Waals surface area contributed by atoms with Gasteiger partial charge in [0.25, 0.3) is 0 Å². The molecule has 2 rings (SSSR count). The van der Waals surface area contributed by atoms with Crippen LogP contribution in [0.5, 0.6) is 0 Å². The lowest BCUT2D eigenvalue weighted by Gasteiger charge is -2.34. The number of nitrogens with zero attached hydrogens (tertiary/aromatic N) is 2. The molecule has 0 spiro atoms. The highest BCUT2D eigenvalue weighted by molar-refractivity contribution is 7.80. The molecule has 1 amide bonds. The van der Waals surface area contributed by atoms with Gasteiger partial charge >= 0.3 is 0 Å². The summed E-state index contributed by atoms with van der Waals surface area (Å²) in [5, 5.41) is 0. The summed E-state index contributed by atoms with van der Waals surface area (Å²) in [7, 11) is 0. The third-order valence-corrected chi connectivity index (χ3v) is 3.59. The molecule has 1 aliphatic heterocycles. The molecule has 1 saturated heterocycles. The van der Waals surface area contributed by atoms with Crippen molar-refractivity contribution < 1.29 is 9.18 Å². The van der Waals surface area contributed by atoms with E-state index in [4.69, 9.17) is 0 Å². The average Bonchev–Trinajstić information content (AvgIpc) is 2.42. The highest BCUT2D eigenvalue weighted by atomic mass is 32.1. The van der Waals surface area contributed by atoms with Crippen LogP contribution < -0.4 is 0 Å². The van der Waals surface area contributed by atoms with Crippen molar-refractivity contribution in [3.05, 3.63) is 35.6 Å². The maximum Gasteiger partial charge on any atom is 0.223 e. The highest BCUT2D eigenvalue weighted by Crippen LogP contribution is 2.10. The Balaban J connectivity index is 1.80. The Hall–Kier alpha value is -1.07. The normalized spacial score (nSPS) is 16.6. The third-order valence-electron chi connectivity index (χ3n) is 3.37. The number of thiol groups is 1. The van der Waals surface area contributed by atoms with Gasteiger partial charge in [-0.25, -0.2) is 4.39 Å². The van der Waals surface area contributed by atoms with Gasteiger partial charge in [0.2, 0.25) is 5.91 Å². The molecule has 1 aromatic carbocycles. The standard InChI is InChI=1S/C14H19FN2OS/c15-13-3-1-12(2-4-13)11-16-6-8-17(9-7-16)14(18)5-10-19/h1-4,19H,5-11H2. The predicted molar refractivity (Wildman–Crippen MR) is 76.7 cm³/mol. The van der Waals surface area contributed by atoms with Crippen molar-refractivity contribution in [3.8, 4) is 0 Å². The summed E-state index contributed by atoms with van der Waals surface area (Å²) in [6.07, 6.45) is 0.515. The predicted octanol–water partition coefficient (Wildman–Crippen LogP) is 1.79. The third kappa shape index (κ3) is 4.21. The molecule has 1 aliphatic rings. The maximum atomic E-state index is 12.8. The molecule has 5 heteroatoms. The van der Waals surface area contributed by atoms with E-state index >= 15 is 0 Å². The zero-order chi connectivity index (χ0) is 13.7. The largest absolute Gasteiger partial charge is 0.340 e. The van der Waals surface area contributed by atoms with Gasteiger partial charge in [-0.2, -0.15) is 12.6 Å². The summed E-state index contributed by atoms with van der Waals surface area (Å²) < 4.78 is 12.8. The highest BCUT2D eigenvalue weighted by Gasteiger charge is 2.20. The van der Waals surface area contributed by atoms with Crippen molar-refractivity contribution in [1.82, 2.24) is 9.80 Å². The summed E-state index contributed by atoms with van der Waals surface area (Å²) in [4.78, 5) is 15.9. The Bertz CT molecular complexity index is 416. The lowest BCUT2D eigenvalue weighted by Crippen LogP contribution is -2.48. The first-order valence-electron chi connectivity index (χ1n) is 6.54. The number of piperazine rings is 1. The van der Waals surface area contributed by atoms with Crippen LogP contribution in [-0.2, 0) is 11.3 Å². The van der Waals surface area contributed by atoms with E-state index in [1.54, 1.807) is 0 Å². The summed E-state index contributed by atoms with van der Waals surface area (Å²) in [5.41, 5.74) is 1.11. The molecule has 1 fully saturated rings. The lowest BCUT2D eigenvalue weighted by molar-refractivity contribution is -0.132. The molecule has 0 N–H and O–H groups in total. The molecular formula is C14H19FN2OS. The molecule has 1 heterocycles. The average molecular weight is 282 g/mol. The molecule has 1 aromatic rings. The van der Waals surface area contributed by atoms with Gasteiger partial charge in [-0.05, 0) is 23.4 Å². The van der Waals surface area contributed by atoms with E-state index in [9.17, 15) is 9.18 Å². The Morgan fingerprint density at radius 2 is 1.79 bits per heavy atom. The second-order valence-electron chi connectivity index (χ2n) is 4.76. The Labute approximate surface area is 118 Å². The molecule has 104 valence electrons. The second-order valence-corrected chi connectivity index (χ2v) is 5.20. The summed E-state index contributed by atoms with van der Waals surface area (Å²) in [6.45, 7) is 4.10. The quantitative estimate of drug-likeness (QED) is 0.851. The van der Waals surface area contributed by atoms with Crippen molar-refractivity contribution in [2.24, 2.45) is 0 Å². The minimum absolute atomic E-state index is 0.191. The molecule has 0 aliphatic carbocycles. The maximum absolute atomic E-state index is 12.8. The van der Waals surface area contributed by atoms with Crippen LogP contribution >= 0.6 is 12.6 Å². The number of hydrogen-bond acceptors (Lipinski definition) is 3. The van der Waals surface area contributed by atoms with Crippen molar-refractivity contribution in [1.29, 1.82) is 0 Å². The van der Waals surface area contributed by atoms with E-state index in [0.29, 0.717) is 12.2 Å². The van der Waals surface area contributed by atoms with Gasteiger partial charge in [0.05, 0.1) is 0 Å². The van der Waals surface area contributed by atoms with Crippen LogP contribution in [0.1, 0.15) is 12.0 Å². The molecule has 19 heavy (non-hydrogen) atoms. The number of benzene rings is 1. The van der Waals surface area contributed by atoms with Crippen LogP contribution in [0.3, 0.4) is 0 Å². The Kier molecular flexibility index (Phi) is 5.22. The van der Waals surface area contributed by atoms with E-state index in [1.807, 2.05) is 17.0 Å². The smallest absolute Gasteiger partial charge is 0.223 e. The fourth-order valence-electron chi connectivity index (χ4n) is 2.26. The summed E-state index contributed by atoms with van der Waals surface area (Å²) in [6, 6.07) is 6.60. The van der Waals surface area contributed by atoms with Gasteiger partial charge in [0.1, 0.15) is 5.82 Å². The van der Waals surface area contributed by atoms with Crippen molar-refractivity contribution in [2.75, 3.05) is 31.9 Å². The number of halogens is 1. The minimum Gasteiger partial charge on any atom is -0.340 e. The van der Waals surface area contributed by atoms with Crippen molar-refractivity contribution in [2.45, 2.75) is 13.0 Å². The SMILES string of the molecule is O=C(CCS)N1CCN(Cc2ccc(F)cc2)CC1. The molecule has 0 aromatic heterocycles. The van der Waals surface area contributed by atoms with Gasteiger partial charge in [-0.1, -0.05) is 12.1 Å². The topological polar surface area (TPSA) is 23.6 Å². The fraction of sp³-hybridized carbons (Fsp3) is 0.500. The first-order valence-corrected chi connectivity index (χ1v) is 7.18. The van der Waals surface area contributed by atoms with Crippen LogP contribution in [0.4, 0.5) is 4.39 Å². The fourth-order valence-corrected chi connectivity index (χ4v) is 2.45. The first-order chi connectivity index (χ1) is 9.19. The van der Waals surface area contributed by atoms with Crippen LogP contribution in [-0.4, -0.2) is 47.6 Å². The van der Waals surface area contributed by atoms with Crippen LogP contribution in [0.15, 0.2) is 24.3 Å². The minimum atomic E-state index is -0.203. The second kappa shape index (κ2) is 6.91. The molecular weight excluding hydrogens is 263 g/mol. The Morgan fingerprint density at radius 1 is 1.16 bits per heavy atom. The van der Waals surface area contributed by atoms with E-state index in [0.717, 1.165) is 38.3 Å². The van der Waals surface area contributed by atoms with E-state index in [2.05, 4.69) is 17.5 Å². The van der Waals surface area contributed by atoms with Crippen LogP contribution in [0, 0.1) is 5.82 Å². The molecule has 0 bridgehead atoms. The van der Waals surface area contributed by atoms with Crippen LogP contribution in [0.25, 0.3) is 0 Å². The van der Waals surface area contributed by atoms with E-state index < -0.39 is 0 Å².